The average molecular weight is 443 g/mol. The molecule has 0 unspecified atom stereocenters. The number of hydrogen-bond donors (Lipinski definition) is 0. The minimum absolute atomic E-state index is 0.180. The van der Waals surface area contributed by atoms with Crippen LogP contribution in [0, 0.1) is 23.2 Å². The molecular formula is C28H46O2Si. The minimum atomic E-state index is -1.75. The van der Waals surface area contributed by atoms with Crippen molar-refractivity contribution in [2.45, 2.75) is 110 Å². The van der Waals surface area contributed by atoms with E-state index in [4.69, 9.17) is 4.43 Å². The van der Waals surface area contributed by atoms with Crippen molar-refractivity contribution in [1.82, 2.24) is 0 Å². The molecule has 3 aliphatic carbocycles. The van der Waals surface area contributed by atoms with Gasteiger partial charge >= 0.3 is 0 Å². The first-order valence-corrected chi connectivity index (χ1v) is 15.5. The summed E-state index contributed by atoms with van der Waals surface area (Å²) < 4.78 is 6.75. The van der Waals surface area contributed by atoms with Crippen LogP contribution in [0.15, 0.2) is 35.5 Å². The monoisotopic (exact) mass is 442 g/mol. The Labute approximate surface area is 192 Å². The van der Waals surface area contributed by atoms with Crippen molar-refractivity contribution in [1.29, 1.82) is 0 Å². The minimum Gasteiger partial charge on any atom is -0.414 e. The molecule has 3 rings (SSSR count). The van der Waals surface area contributed by atoms with Crippen LogP contribution in [-0.2, 0) is 9.22 Å². The number of rotatable bonds is 5. The number of aldehydes is 1. The zero-order valence-corrected chi connectivity index (χ0v) is 22.2. The molecule has 0 aromatic rings. The van der Waals surface area contributed by atoms with Gasteiger partial charge in [-0.05, 0) is 92.3 Å². The van der Waals surface area contributed by atoms with Crippen LogP contribution in [0.3, 0.4) is 0 Å². The van der Waals surface area contributed by atoms with Crippen molar-refractivity contribution in [3.8, 4) is 0 Å². The van der Waals surface area contributed by atoms with Crippen LogP contribution in [0.1, 0.15) is 86.0 Å². The molecule has 0 bridgehead atoms. The van der Waals surface area contributed by atoms with Gasteiger partial charge in [-0.1, -0.05) is 64.5 Å². The van der Waals surface area contributed by atoms with E-state index in [1.165, 1.54) is 49.5 Å². The second-order valence-corrected chi connectivity index (χ2v) is 17.1. The van der Waals surface area contributed by atoms with Crippen molar-refractivity contribution in [3.05, 3.63) is 35.5 Å². The van der Waals surface area contributed by atoms with Gasteiger partial charge in [0.05, 0.1) is 0 Å². The molecule has 2 nitrogen and oxygen atoms in total. The van der Waals surface area contributed by atoms with Crippen molar-refractivity contribution < 1.29 is 9.22 Å². The van der Waals surface area contributed by atoms with Crippen LogP contribution >= 0.6 is 0 Å². The molecular weight excluding hydrogens is 396 g/mol. The smallest absolute Gasteiger partial charge is 0.192 e. The molecule has 0 heterocycles. The van der Waals surface area contributed by atoms with Gasteiger partial charge in [0.25, 0.3) is 0 Å². The molecule has 174 valence electrons. The fourth-order valence-corrected chi connectivity index (χ4v) is 7.70. The van der Waals surface area contributed by atoms with E-state index in [9.17, 15) is 4.79 Å². The predicted molar refractivity (Wildman–Crippen MR) is 135 cm³/mol. The Morgan fingerprint density at radius 2 is 1.87 bits per heavy atom. The van der Waals surface area contributed by atoms with Crippen LogP contribution < -0.4 is 0 Å². The highest BCUT2D eigenvalue weighted by molar-refractivity contribution is 6.74. The van der Waals surface area contributed by atoms with Gasteiger partial charge in [-0.2, -0.15) is 0 Å². The van der Waals surface area contributed by atoms with E-state index in [2.05, 4.69) is 66.4 Å². The molecule has 0 aromatic heterocycles. The Morgan fingerprint density at radius 3 is 2.52 bits per heavy atom. The maximum atomic E-state index is 11.5. The van der Waals surface area contributed by atoms with Crippen LogP contribution in [0.25, 0.3) is 0 Å². The van der Waals surface area contributed by atoms with Gasteiger partial charge in [-0.15, -0.1) is 0 Å². The lowest BCUT2D eigenvalue weighted by Crippen LogP contribution is -2.44. The predicted octanol–water partition coefficient (Wildman–Crippen LogP) is 8.02. The van der Waals surface area contributed by atoms with Gasteiger partial charge in [0.15, 0.2) is 8.32 Å². The van der Waals surface area contributed by atoms with E-state index >= 15 is 0 Å². The molecule has 0 N–H and O–H groups in total. The van der Waals surface area contributed by atoms with Crippen LogP contribution in [0.4, 0.5) is 0 Å². The third-order valence-electron chi connectivity index (χ3n) is 9.32. The van der Waals surface area contributed by atoms with E-state index in [-0.39, 0.29) is 11.0 Å². The zero-order valence-electron chi connectivity index (χ0n) is 21.2. The molecule has 3 fully saturated rings. The molecule has 5 atom stereocenters. The summed E-state index contributed by atoms with van der Waals surface area (Å²) >= 11 is 0. The second kappa shape index (κ2) is 9.13. The Morgan fingerprint density at radius 1 is 1.16 bits per heavy atom. The van der Waals surface area contributed by atoms with Crippen molar-refractivity contribution in [2.75, 3.05) is 0 Å². The Hall–Kier alpha value is -0.933. The van der Waals surface area contributed by atoms with Crippen molar-refractivity contribution in [3.63, 3.8) is 0 Å². The maximum absolute atomic E-state index is 11.5. The molecule has 3 aliphatic rings. The van der Waals surface area contributed by atoms with Crippen LogP contribution in [-0.4, -0.2) is 20.7 Å². The summed E-state index contributed by atoms with van der Waals surface area (Å²) in [6.45, 7) is 20.7. The van der Waals surface area contributed by atoms with E-state index in [1.807, 2.05) is 0 Å². The van der Waals surface area contributed by atoms with Gasteiger partial charge in [0, 0.05) is 12.0 Å². The Balaban J connectivity index is 1.76. The number of allylic oxidation sites excluding steroid dienone is 4. The maximum Gasteiger partial charge on any atom is 0.192 e. The first kappa shape index (κ1) is 24.7. The number of fused-ring (bicyclic) bond motifs is 1. The van der Waals surface area contributed by atoms with Gasteiger partial charge in [0.2, 0.25) is 0 Å². The molecule has 0 aromatic carbocycles. The Kier molecular flexibility index (Phi) is 7.28. The fraction of sp³-hybridized carbons (Fsp3) is 0.750. The van der Waals surface area contributed by atoms with Crippen LogP contribution in [0.5, 0.6) is 0 Å². The first-order chi connectivity index (χ1) is 14.4. The molecule has 0 aliphatic heterocycles. The third kappa shape index (κ3) is 5.03. The summed E-state index contributed by atoms with van der Waals surface area (Å²) in [6.07, 6.45) is 15.7. The Bertz CT molecular complexity index is 753. The highest BCUT2D eigenvalue weighted by Gasteiger charge is 2.50. The lowest BCUT2D eigenvalue weighted by atomic mass is 9.61. The topological polar surface area (TPSA) is 26.3 Å². The lowest BCUT2D eigenvalue weighted by Gasteiger charge is -2.43. The third-order valence-corrected chi connectivity index (χ3v) is 13.9. The molecule has 3 heteroatoms. The van der Waals surface area contributed by atoms with Gasteiger partial charge in [-0.25, -0.2) is 0 Å². The van der Waals surface area contributed by atoms with Crippen LogP contribution in [0.2, 0.25) is 18.1 Å². The van der Waals surface area contributed by atoms with E-state index < -0.39 is 8.32 Å². The van der Waals surface area contributed by atoms with Gasteiger partial charge in [-0.3, -0.25) is 0 Å². The van der Waals surface area contributed by atoms with E-state index in [0.29, 0.717) is 23.4 Å². The van der Waals surface area contributed by atoms with Gasteiger partial charge < -0.3 is 9.22 Å². The number of carbonyl (C=O) groups excluding carboxylic acids is 1. The largest absolute Gasteiger partial charge is 0.414 e. The van der Waals surface area contributed by atoms with E-state index in [0.717, 1.165) is 19.3 Å². The lowest BCUT2D eigenvalue weighted by molar-refractivity contribution is -0.113. The summed E-state index contributed by atoms with van der Waals surface area (Å²) in [7, 11) is -1.75. The van der Waals surface area contributed by atoms with Crippen molar-refractivity contribution >= 4 is 14.6 Å². The average Bonchev–Trinajstić information content (AvgIpc) is 3.04. The molecule has 31 heavy (non-hydrogen) atoms. The fourth-order valence-electron chi connectivity index (χ4n) is 6.31. The molecule has 3 saturated carbocycles. The zero-order chi connectivity index (χ0) is 23.0. The SMILES string of the molecule is C=C1CC[C@@H](O[Si](C)(C)C(C)(C)C)CC1=CC=C1CCC[C@]2(C)[C@@H]([C@H](C)C=O)CC[C@@H]12. The second-order valence-electron chi connectivity index (χ2n) is 12.4. The normalized spacial score (nSPS) is 36.0. The highest BCUT2D eigenvalue weighted by atomic mass is 28.4. The molecule has 0 radical (unpaired) electrons. The highest BCUT2D eigenvalue weighted by Crippen LogP contribution is 2.59. The standard InChI is InChI=1S/C28H46O2Si/c1-20-11-14-24(30-31(7,8)27(3,4)5)18-23(20)13-12-22-10-9-17-28(6)25(21(2)19-29)15-16-26(22)28/h12-13,19,21,24-26H,1,9-11,14-18H2,2-8H3/t21-,24-,25-,26+,28-/m1/s1. The first-order valence-electron chi connectivity index (χ1n) is 12.6. The number of hydrogen-bond acceptors (Lipinski definition) is 2. The number of carbonyl (C=O) groups is 1. The summed E-state index contributed by atoms with van der Waals surface area (Å²) in [5, 5.41) is 0.248. The summed E-state index contributed by atoms with van der Waals surface area (Å²) in [4.78, 5) is 11.5. The molecule has 0 saturated heterocycles. The van der Waals surface area contributed by atoms with Gasteiger partial charge in [0.1, 0.15) is 6.29 Å². The summed E-state index contributed by atoms with van der Waals surface area (Å²) in [5.74, 6) is 1.36. The summed E-state index contributed by atoms with van der Waals surface area (Å²) in [6, 6.07) is 0. The van der Waals surface area contributed by atoms with Crippen molar-refractivity contribution in [2.24, 2.45) is 23.2 Å². The summed E-state index contributed by atoms with van der Waals surface area (Å²) in [5.41, 5.74) is 4.59. The van der Waals surface area contributed by atoms with E-state index in [1.54, 1.807) is 5.57 Å². The molecule has 0 spiro atoms. The molecule has 0 amide bonds. The quantitative estimate of drug-likeness (QED) is 0.318.